The molecule has 17 heavy (non-hydrogen) atoms. The topological polar surface area (TPSA) is 99.7 Å². The highest BCUT2D eigenvalue weighted by atomic mass is 16.4. The first-order valence-corrected chi connectivity index (χ1v) is 5.94. The summed E-state index contributed by atoms with van der Waals surface area (Å²) >= 11 is 0. The van der Waals surface area contributed by atoms with Crippen LogP contribution in [-0.4, -0.2) is 36.1 Å². The number of carbonyl (C=O) groups is 1. The second kappa shape index (κ2) is 5.86. The standard InChI is InChI=1S/C11H22N4O2/c1-11(2,10(12)15-17)5-6-13-8-3-4-9(16)14-7-8/h8,13,17H,3-7H2,1-2H3,(H2,12,15)(H,14,16). The summed E-state index contributed by atoms with van der Waals surface area (Å²) in [5.41, 5.74) is 5.28. The number of amides is 1. The number of hydrogen-bond acceptors (Lipinski definition) is 4. The zero-order valence-corrected chi connectivity index (χ0v) is 10.5. The molecule has 1 rings (SSSR count). The Morgan fingerprint density at radius 3 is 2.94 bits per heavy atom. The number of nitrogens with two attached hydrogens (primary N) is 1. The zero-order valence-electron chi connectivity index (χ0n) is 10.5. The van der Waals surface area contributed by atoms with Gasteiger partial charge in [-0.1, -0.05) is 19.0 Å². The molecule has 1 fully saturated rings. The van der Waals surface area contributed by atoms with Crippen LogP contribution in [0.3, 0.4) is 0 Å². The van der Waals surface area contributed by atoms with E-state index < -0.39 is 0 Å². The Hall–Kier alpha value is -1.30. The van der Waals surface area contributed by atoms with Crippen LogP contribution >= 0.6 is 0 Å². The molecule has 6 heteroatoms. The molecule has 0 bridgehead atoms. The molecule has 0 aromatic carbocycles. The monoisotopic (exact) mass is 242 g/mol. The van der Waals surface area contributed by atoms with E-state index in [1.54, 1.807) is 0 Å². The van der Waals surface area contributed by atoms with E-state index in [4.69, 9.17) is 10.9 Å². The van der Waals surface area contributed by atoms with E-state index in [-0.39, 0.29) is 17.2 Å². The second-order valence-electron chi connectivity index (χ2n) is 5.11. The molecule has 1 aliphatic rings. The average Bonchev–Trinajstić information content (AvgIpc) is 2.30. The highest BCUT2D eigenvalue weighted by Crippen LogP contribution is 2.19. The molecule has 0 saturated carbocycles. The predicted octanol–water partition coefficient (Wildman–Crippen LogP) is 0.0173. The van der Waals surface area contributed by atoms with Crippen molar-refractivity contribution in [3.8, 4) is 0 Å². The lowest BCUT2D eigenvalue weighted by Gasteiger charge is -2.27. The third-order valence-corrected chi connectivity index (χ3v) is 3.25. The number of amidine groups is 1. The second-order valence-corrected chi connectivity index (χ2v) is 5.11. The van der Waals surface area contributed by atoms with Crippen LogP contribution in [0.15, 0.2) is 5.16 Å². The minimum absolute atomic E-state index is 0.125. The predicted molar refractivity (Wildman–Crippen MR) is 65.8 cm³/mol. The molecule has 0 aromatic rings. The Bertz CT molecular complexity index is 292. The van der Waals surface area contributed by atoms with Gasteiger partial charge < -0.3 is 21.6 Å². The van der Waals surface area contributed by atoms with Crippen molar-refractivity contribution < 1.29 is 10.0 Å². The number of rotatable bonds is 5. The van der Waals surface area contributed by atoms with Crippen molar-refractivity contribution in [1.29, 1.82) is 0 Å². The number of oxime groups is 1. The first kappa shape index (κ1) is 13.8. The van der Waals surface area contributed by atoms with E-state index in [1.165, 1.54) is 0 Å². The van der Waals surface area contributed by atoms with Gasteiger partial charge in [0, 0.05) is 24.4 Å². The Morgan fingerprint density at radius 2 is 2.41 bits per heavy atom. The number of carbonyl (C=O) groups excluding carboxylic acids is 1. The van der Waals surface area contributed by atoms with Gasteiger partial charge in [-0.2, -0.15) is 0 Å². The van der Waals surface area contributed by atoms with Crippen molar-refractivity contribution in [3.63, 3.8) is 0 Å². The van der Waals surface area contributed by atoms with Crippen molar-refractivity contribution in [2.24, 2.45) is 16.3 Å². The summed E-state index contributed by atoms with van der Waals surface area (Å²) in [4.78, 5) is 11.0. The Kier molecular flexibility index (Phi) is 4.74. The van der Waals surface area contributed by atoms with Gasteiger partial charge in [0.2, 0.25) is 5.91 Å². The molecule has 1 heterocycles. The number of nitrogens with one attached hydrogen (secondary N) is 2. The van der Waals surface area contributed by atoms with E-state index >= 15 is 0 Å². The zero-order chi connectivity index (χ0) is 12.9. The van der Waals surface area contributed by atoms with Gasteiger partial charge in [0.15, 0.2) is 0 Å². The van der Waals surface area contributed by atoms with Gasteiger partial charge in [0.05, 0.1) is 0 Å². The lowest BCUT2D eigenvalue weighted by molar-refractivity contribution is -0.122. The van der Waals surface area contributed by atoms with Crippen LogP contribution in [0.4, 0.5) is 0 Å². The van der Waals surface area contributed by atoms with Gasteiger partial charge in [-0.15, -0.1) is 0 Å². The van der Waals surface area contributed by atoms with Crippen molar-refractivity contribution in [1.82, 2.24) is 10.6 Å². The van der Waals surface area contributed by atoms with Crippen LogP contribution in [-0.2, 0) is 4.79 Å². The number of nitrogens with zero attached hydrogens (tertiary/aromatic N) is 1. The number of hydrogen-bond donors (Lipinski definition) is 4. The molecule has 0 aliphatic carbocycles. The van der Waals surface area contributed by atoms with E-state index in [0.717, 1.165) is 19.4 Å². The van der Waals surface area contributed by atoms with E-state index in [9.17, 15) is 4.79 Å². The normalized spacial score (nSPS) is 22.4. The minimum Gasteiger partial charge on any atom is -0.409 e. The van der Waals surface area contributed by atoms with E-state index in [0.29, 0.717) is 19.0 Å². The fourth-order valence-electron chi connectivity index (χ4n) is 1.76. The van der Waals surface area contributed by atoms with Crippen LogP contribution in [0.25, 0.3) is 0 Å². The fraction of sp³-hybridized carbons (Fsp3) is 0.818. The smallest absolute Gasteiger partial charge is 0.220 e. The summed E-state index contributed by atoms with van der Waals surface area (Å²) in [5.74, 6) is 0.372. The third kappa shape index (κ3) is 4.22. The maximum absolute atomic E-state index is 11.0. The van der Waals surface area contributed by atoms with Crippen LogP contribution < -0.4 is 16.4 Å². The van der Waals surface area contributed by atoms with E-state index in [2.05, 4.69) is 15.8 Å². The molecule has 1 unspecified atom stereocenters. The summed E-state index contributed by atoms with van der Waals surface area (Å²) in [6, 6.07) is 0.329. The van der Waals surface area contributed by atoms with Crippen LogP contribution in [0.1, 0.15) is 33.1 Å². The maximum Gasteiger partial charge on any atom is 0.220 e. The highest BCUT2D eigenvalue weighted by molar-refractivity contribution is 5.85. The molecular formula is C11H22N4O2. The van der Waals surface area contributed by atoms with E-state index in [1.807, 2.05) is 13.8 Å². The third-order valence-electron chi connectivity index (χ3n) is 3.25. The van der Waals surface area contributed by atoms with Gasteiger partial charge in [0.25, 0.3) is 0 Å². The minimum atomic E-state index is -0.320. The van der Waals surface area contributed by atoms with Gasteiger partial charge in [0.1, 0.15) is 5.84 Å². The van der Waals surface area contributed by atoms with Crippen LogP contribution in [0.5, 0.6) is 0 Å². The molecule has 6 nitrogen and oxygen atoms in total. The first-order chi connectivity index (χ1) is 7.95. The van der Waals surface area contributed by atoms with Gasteiger partial charge in [-0.05, 0) is 19.4 Å². The van der Waals surface area contributed by atoms with Crippen molar-refractivity contribution in [3.05, 3.63) is 0 Å². The van der Waals surface area contributed by atoms with Crippen LogP contribution in [0.2, 0.25) is 0 Å². The van der Waals surface area contributed by atoms with Gasteiger partial charge in [-0.25, -0.2) is 0 Å². The lowest BCUT2D eigenvalue weighted by atomic mass is 9.88. The quantitative estimate of drug-likeness (QED) is 0.236. The molecule has 0 aromatic heterocycles. The molecular weight excluding hydrogens is 220 g/mol. The molecule has 1 amide bonds. The molecule has 1 saturated heterocycles. The lowest BCUT2D eigenvalue weighted by Crippen LogP contribution is -2.47. The Morgan fingerprint density at radius 1 is 1.71 bits per heavy atom. The summed E-state index contributed by atoms with van der Waals surface area (Å²) in [7, 11) is 0. The van der Waals surface area contributed by atoms with Crippen molar-refractivity contribution in [2.45, 2.75) is 39.2 Å². The molecule has 98 valence electrons. The average molecular weight is 242 g/mol. The largest absolute Gasteiger partial charge is 0.409 e. The van der Waals surface area contributed by atoms with Crippen molar-refractivity contribution >= 4 is 11.7 Å². The molecule has 0 radical (unpaired) electrons. The maximum atomic E-state index is 11.0. The summed E-state index contributed by atoms with van der Waals surface area (Å²) < 4.78 is 0. The summed E-state index contributed by atoms with van der Waals surface area (Å²) in [6.07, 6.45) is 2.24. The van der Waals surface area contributed by atoms with Gasteiger partial charge in [-0.3, -0.25) is 4.79 Å². The molecule has 1 atom stereocenters. The van der Waals surface area contributed by atoms with Crippen molar-refractivity contribution in [2.75, 3.05) is 13.1 Å². The molecule has 0 spiro atoms. The Labute approximate surface area is 102 Å². The molecule has 5 N–H and O–H groups in total. The molecule has 1 aliphatic heterocycles. The highest BCUT2D eigenvalue weighted by Gasteiger charge is 2.24. The SMILES string of the molecule is CC(C)(CCNC1CCC(=O)NC1)C(N)=NO. The van der Waals surface area contributed by atoms with Gasteiger partial charge >= 0.3 is 0 Å². The summed E-state index contributed by atoms with van der Waals surface area (Å²) in [6.45, 7) is 5.34. The number of piperidine rings is 1. The first-order valence-electron chi connectivity index (χ1n) is 5.94. The van der Waals surface area contributed by atoms with Crippen LogP contribution in [0, 0.1) is 5.41 Å². The summed E-state index contributed by atoms with van der Waals surface area (Å²) in [5, 5.41) is 17.9. The fourth-order valence-corrected chi connectivity index (χ4v) is 1.76. The Balaban J connectivity index is 2.26.